The third-order valence-electron chi connectivity index (χ3n) is 5.89. The van der Waals surface area contributed by atoms with Crippen molar-refractivity contribution < 1.29 is 19.0 Å². The number of aryl methyl sites for hydroxylation is 1. The lowest BCUT2D eigenvalue weighted by molar-refractivity contribution is -0.139. The van der Waals surface area contributed by atoms with Crippen LogP contribution in [-0.4, -0.2) is 30.4 Å². The minimum Gasteiger partial charge on any atom is -0.490 e. The monoisotopic (exact) mass is 552 g/mol. The van der Waals surface area contributed by atoms with Crippen molar-refractivity contribution in [2.45, 2.75) is 33.7 Å². The quantitative estimate of drug-likeness (QED) is 0.283. The highest BCUT2D eigenvalue weighted by Gasteiger charge is 2.33. The number of nitrogens with zero attached hydrogens (tertiary/aromatic N) is 2. The zero-order valence-electron chi connectivity index (χ0n) is 21.7. The van der Waals surface area contributed by atoms with Gasteiger partial charge in [-0.1, -0.05) is 65.4 Å². The lowest BCUT2D eigenvalue weighted by Crippen LogP contribution is -2.39. The first-order valence-electron chi connectivity index (χ1n) is 12.2. The smallest absolute Gasteiger partial charge is 0.338 e. The van der Waals surface area contributed by atoms with Crippen LogP contribution in [-0.2, 0) is 9.53 Å². The zero-order chi connectivity index (χ0) is 27.4. The van der Waals surface area contributed by atoms with E-state index in [1.165, 1.54) is 11.3 Å². The maximum absolute atomic E-state index is 13.8. The van der Waals surface area contributed by atoms with Gasteiger partial charge in [0.15, 0.2) is 16.3 Å². The van der Waals surface area contributed by atoms with Crippen LogP contribution in [0.15, 0.2) is 70.1 Å². The van der Waals surface area contributed by atoms with Gasteiger partial charge in [0.1, 0.15) is 6.61 Å². The number of rotatable bonds is 9. The summed E-state index contributed by atoms with van der Waals surface area (Å²) >= 11 is 7.76. The topological polar surface area (TPSA) is 79.1 Å². The number of aromatic nitrogens is 1. The maximum atomic E-state index is 13.8. The third kappa shape index (κ3) is 5.47. The van der Waals surface area contributed by atoms with Crippen molar-refractivity contribution in [3.63, 3.8) is 0 Å². The molecule has 0 saturated heterocycles. The van der Waals surface area contributed by atoms with Gasteiger partial charge < -0.3 is 14.2 Å². The number of carbonyl (C=O) groups is 1. The van der Waals surface area contributed by atoms with Crippen LogP contribution in [0.2, 0.25) is 5.02 Å². The van der Waals surface area contributed by atoms with Crippen LogP contribution < -0.4 is 24.4 Å². The van der Waals surface area contributed by atoms with Crippen molar-refractivity contribution in [1.29, 1.82) is 0 Å². The lowest BCUT2D eigenvalue weighted by Gasteiger charge is -2.24. The number of fused-ring (bicyclic) bond motifs is 1. The van der Waals surface area contributed by atoms with Crippen LogP contribution >= 0.6 is 22.9 Å². The van der Waals surface area contributed by atoms with Gasteiger partial charge >= 0.3 is 5.97 Å². The summed E-state index contributed by atoms with van der Waals surface area (Å²) in [5.41, 5.74) is 3.14. The Morgan fingerprint density at radius 2 is 1.89 bits per heavy atom. The third-order valence-corrected chi connectivity index (χ3v) is 7.15. The first-order chi connectivity index (χ1) is 18.3. The number of hydrogen-bond acceptors (Lipinski definition) is 7. The minimum atomic E-state index is -0.662. The predicted molar refractivity (Wildman–Crippen MR) is 150 cm³/mol. The molecular weight excluding hydrogens is 524 g/mol. The fourth-order valence-electron chi connectivity index (χ4n) is 4.22. The Hall–Kier alpha value is -3.62. The first-order valence-corrected chi connectivity index (χ1v) is 13.4. The summed E-state index contributed by atoms with van der Waals surface area (Å²) in [5.74, 6) is 0.400. The van der Waals surface area contributed by atoms with Gasteiger partial charge in [0.2, 0.25) is 0 Å². The molecule has 1 atom stereocenters. The Balaban J connectivity index is 1.90. The van der Waals surface area contributed by atoms with Crippen LogP contribution in [0.4, 0.5) is 0 Å². The van der Waals surface area contributed by atoms with E-state index in [1.807, 2.05) is 38.1 Å². The molecule has 1 aromatic heterocycles. The van der Waals surface area contributed by atoms with E-state index >= 15 is 0 Å². The van der Waals surface area contributed by atoms with Gasteiger partial charge in [0.05, 0.1) is 40.1 Å². The molecule has 1 aliphatic rings. The van der Waals surface area contributed by atoms with Gasteiger partial charge in [-0.15, -0.1) is 0 Å². The van der Waals surface area contributed by atoms with Crippen LogP contribution in [0.5, 0.6) is 11.5 Å². The van der Waals surface area contributed by atoms with Crippen molar-refractivity contribution in [2.75, 3.05) is 19.8 Å². The van der Waals surface area contributed by atoms with E-state index in [9.17, 15) is 9.59 Å². The second kappa shape index (κ2) is 11.8. The zero-order valence-corrected chi connectivity index (χ0v) is 23.3. The fourth-order valence-corrected chi connectivity index (χ4v) is 5.54. The molecule has 0 amide bonds. The Bertz CT molecular complexity index is 1580. The van der Waals surface area contributed by atoms with Crippen LogP contribution in [0.1, 0.15) is 43.5 Å². The SMILES string of the molecule is C=CCOc1c(Cl)cc(/C=c2/sc3n(c2=O)[C@@H](c2ccc(C)cc2)C(C(=O)OCC)=C(C)N=3)cc1OCC. The Labute approximate surface area is 230 Å². The number of allylic oxidation sites excluding steroid dienone is 1. The van der Waals surface area contributed by atoms with Gasteiger partial charge in [-0.05, 0) is 57.0 Å². The normalized spacial score (nSPS) is 15.1. The molecule has 4 rings (SSSR count). The molecule has 1 aliphatic heterocycles. The van der Waals surface area contributed by atoms with Crippen molar-refractivity contribution in [3.8, 4) is 11.5 Å². The first kappa shape index (κ1) is 27.4. The molecule has 0 radical (unpaired) electrons. The summed E-state index contributed by atoms with van der Waals surface area (Å²) in [5, 5.41) is 0.356. The van der Waals surface area contributed by atoms with Gasteiger partial charge in [0, 0.05) is 0 Å². The van der Waals surface area contributed by atoms with E-state index in [1.54, 1.807) is 42.7 Å². The molecular formula is C29H29ClN2O5S. The fraction of sp³-hybridized carbons (Fsp3) is 0.276. The Morgan fingerprint density at radius 3 is 2.55 bits per heavy atom. The highest BCUT2D eigenvalue weighted by Crippen LogP contribution is 2.37. The molecule has 198 valence electrons. The van der Waals surface area contributed by atoms with Gasteiger partial charge in [-0.3, -0.25) is 9.36 Å². The molecule has 0 unspecified atom stereocenters. The summed E-state index contributed by atoms with van der Waals surface area (Å²) in [6, 6.07) is 10.6. The van der Waals surface area contributed by atoms with E-state index in [0.29, 0.717) is 49.3 Å². The van der Waals surface area contributed by atoms with E-state index < -0.39 is 12.0 Å². The number of ether oxygens (including phenoxy) is 3. The summed E-state index contributed by atoms with van der Waals surface area (Å²) in [6.07, 6.45) is 3.36. The van der Waals surface area contributed by atoms with Crippen molar-refractivity contribution >= 4 is 35.0 Å². The van der Waals surface area contributed by atoms with Gasteiger partial charge in [-0.2, -0.15) is 0 Å². The number of benzene rings is 2. The number of thiazole rings is 1. The summed E-state index contributed by atoms with van der Waals surface area (Å²) in [7, 11) is 0. The lowest BCUT2D eigenvalue weighted by atomic mass is 9.95. The number of esters is 1. The molecule has 2 heterocycles. The van der Waals surface area contributed by atoms with Crippen LogP contribution in [0.25, 0.3) is 6.08 Å². The Morgan fingerprint density at radius 1 is 1.16 bits per heavy atom. The second-order valence-electron chi connectivity index (χ2n) is 8.58. The molecule has 9 heteroatoms. The molecule has 3 aromatic rings. The number of halogens is 1. The van der Waals surface area contributed by atoms with E-state index in [0.717, 1.165) is 11.1 Å². The van der Waals surface area contributed by atoms with Crippen LogP contribution in [0, 0.1) is 6.92 Å². The molecule has 38 heavy (non-hydrogen) atoms. The van der Waals surface area contributed by atoms with E-state index in [4.69, 9.17) is 25.8 Å². The molecule has 7 nitrogen and oxygen atoms in total. The molecule has 0 saturated carbocycles. The van der Waals surface area contributed by atoms with Crippen molar-refractivity contribution in [1.82, 2.24) is 4.57 Å². The molecule has 0 aliphatic carbocycles. The van der Waals surface area contributed by atoms with E-state index in [2.05, 4.69) is 11.6 Å². The minimum absolute atomic E-state index is 0.218. The molecule has 0 fully saturated rings. The Kier molecular flexibility index (Phi) is 8.54. The predicted octanol–water partition coefficient (Wildman–Crippen LogP) is 4.72. The number of carbonyl (C=O) groups excluding carboxylic acids is 1. The highest BCUT2D eigenvalue weighted by atomic mass is 35.5. The van der Waals surface area contributed by atoms with Crippen LogP contribution in [0.3, 0.4) is 0 Å². The average molecular weight is 553 g/mol. The summed E-state index contributed by atoms with van der Waals surface area (Å²) in [4.78, 5) is 31.9. The van der Waals surface area contributed by atoms with Crippen molar-refractivity contribution in [2.24, 2.45) is 4.99 Å². The van der Waals surface area contributed by atoms with Gasteiger partial charge in [0.25, 0.3) is 5.56 Å². The summed E-state index contributed by atoms with van der Waals surface area (Å²) < 4.78 is 18.8. The standard InChI is InChI=1S/C29H29ClN2O5S/c1-6-13-37-26-21(30)14-19(15-22(26)35-7-2)16-23-27(33)32-25(20-11-9-17(4)10-12-20)24(28(34)36-8-3)18(5)31-29(32)38-23/h6,9-12,14-16,25H,1,7-8,13H2,2-5H3/b23-16+/t25-/m0/s1. The van der Waals surface area contributed by atoms with Gasteiger partial charge in [-0.25, -0.2) is 9.79 Å². The second-order valence-corrected chi connectivity index (χ2v) is 9.99. The highest BCUT2D eigenvalue weighted by molar-refractivity contribution is 7.07. The average Bonchev–Trinajstić information content (AvgIpc) is 3.17. The molecule has 0 N–H and O–H groups in total. The molecule has 0 spiro atoms. The number of hydrogen-bond donors (Lipinski definition) is 0. The maximum Gasteiger partial charge on any atom is 0.338 e. The largest absolute Gasteiger partial charge is 0.490 e. The van der Waals surface area contributed by atoms with Crippen molar-refractivity contribution in [3.05, 3.63) is 102 Å². The molecule has 0 bridgehead atoms. The summed E-state index contributed by atoms with van der Waals surface area (Å²) in [6.45, 7) is 11.9. The molecule has 2 aromatic carbocycles. The van der Waals surface area contributed by atoms with E-state index in [-0.39, 0.29) is 18.8 Å².